The highest BCUT2D eigenvalue weighted by Gasteiger charge is 2.16. The first-order valence-electron chi connectivity index (χ1n) is 7.83. The Morgan fingerprint density at radius 2 is 1.92 bits per heavy atom. The van der Waals surface area contributed by atoms with Crippen LogP contribution in [0.15, 0.2) is 65.2 Å². The van der Waals surface area contributed by atoms with Crippen LogP contribution < -0.4 is 10.1 Å². The SMILES string of the molecule is C[C@@H](Oc1ccccc1)C(=O)NCc1cc(-c2ccccc2F)on1. The van der Waals surface area contributed by atoms with Crippen LogP contribution in [0.1, 0.15) is 12.6 Å². The topological polar surface area (TPSA) is 64.4 Å². The summed E-state index contributed by atoms with van der Waals surface area (Å²) < 4.78 is 24.4. The Hall–Kier alpha value is -3.15. The monoisotopic (exact) mass is 340 g/mol. The van der Waals surface area contributed by atoms with Gasteiger partial charge >= 0.3 is 0 Å². The maximum absolute atomic E-state index is 13.7. The molecule has 0 unspecified atom stereocenters. The summed E-state index contributed by atoms with van der Waals surface area (Å²) in [5.74, 6) is 0.266. The third-order valence-corrected chi connectivity index (χ3v) is 3.57. The van der Waals surface area contributed by atoms with E-state index in [1.807, 2.05) is 18.2 Å². The molecule has 0 aliphatic rings. The zero-order valence-electron chi connectivity index (χ0n) is 13.6. The molecule has 0 aliphatic heterocycles. The molecule has 1 aromatic heterocycles. The van der Waals surface area contributed by atoms with Crippen LogP contribution in [0, 0.1) is 5.82 Å². The van der Waals surface area contributed by atoms with Gasteiger partial charge in [0.1, 0.15) is 17.3 Å². The highest BCUT2D eigenvalue weighted by Crippen LogP contribution is 2.23. The van der Waals surface area contributed by atoms with E-state index in [-0.39, 0.29) is 18.3 Å². The van der Waals surface area contributed by atoms with Crippen molar-refractivity contribution < 1.29 is 18.4 Å². The highest BCUT2D eigenvalue weighted by molar-refractivity contribution is 5.80. The Balaban J connectivity index is 1.57. The lowest BCUT2D eigenvalue weighted by molar-refractivity contribution is -0.127. The van der Waals surface area contributed by atoms with Crippen molar-refractivity contribution in [2.75, 3.05) is 0 Å². The van der Waals surface area contributed by atoms with Crippen LogP contribution in [0.2, 0.25) is 0 Å². The number of rotatable bonds is 6. The maximum atomic E-state index is 13.7. The van der Waals surface area contributed by atoms with Crippen LogP contribution in [0.4, 0.5) is 4.39 Å². The number of carbonyl (C=O) groups is 1. The molecule has 0 spiro atoms. The second-order valence-corrected chi connectivity index (χ2v) is 5.45. The first-order valence-corrected chi connectivity index (χ1v) is 7.83. The third kappa shape index (κ3) is 4.23. The number of carbonyl (C=O) groups excluding carboxylic acids is 1. The molecule has 0 saturated heterocycles. The maximum Gasteiger partial charge on any atom is 0.261 e. The van der Waals surface area contributed by atoms with E-state index in [2.05, 4.69) is 10.5 Å². The van der Waals surface area contributed by atoms with Crippen LogP contribution in [0.5, 0.6) is 5.75 Å². The Bertz CT molecular complexity index is 849. The van der Waals surface area contributed by atoms with Crippen LogP contribution >= 0.6 is 0 Å². The summed E-state index contributed by atoms with van der Waals surface area (Å²) in [5.41, 5.74) is 0.826. The number of amides is 1. The summed E-state index contributed by atoms with van der Waals surface area (Å²) in [6, 6.07) is 17.0. The van der Waals surface area contributed by atoms with E-state index < -0.39 is 6.10 Å². The molecule has 6 heteroatoms. The van der Waals surface area contributed by atoms with E-state index >= 15 is 0 Å². The quantitative estimate of drug-likeness (QED) is 0.745. The van der Waals surface area contributed by atoms with E-state index in [1.54, 1.807) is 43.3 Å². The van der Waals surface area contributed by atoms with Crippen molar-refractivity contribution in [3.8, 4) is 17.1 Å². The van der Waals surface area contributed by atoms with E-state index in [9.17, 15) is 9.18 Å². The minimum absolute atomic E-state index is 0.166. The van der Waals surface area contributed by atoms with E-state index in [0.717, 1.165) is 0 Å². The van der Waals surface area contributed by atoms with Crippen molar-refractivity contribution in [2.24, 2.45) is 0 Å². The fourth-order valence-electron chi connectivity index (χ4n) is 2.26. The summed E-state index contributed by atoms with van der Waals surface area (Å²) >= 11 is 0. The van der Waals surface area contributed by atoms with E-state index in [1.165, 1.54) is 6.07 Å². The third-order valence-electron chi connectivity index (χ3n) is 3.57. The minimum atomic E-state index is -0.652. The van der Waals surface area contributed by atoms with Gasteiger partial charge in [-0.3, -0.25) is 4.79 Å². The van der Waals surface area contributed by atoms with Crippen molar-refractivity contribution in [1.82, 2.24) is 10.5 Å². The molecule has 3 rings (SSSR count). The molecule has 0 aliphatic carbocycles. The van der Waals surface area contributed by atoms with Crippen molar-refractivity contribution in [2.45, 2.75) is 19.6 Å². The van der Waals surface area contributed by atoms with Crippen LogP contribution in [-0.4, -0.2) is 17.2 Å². The lowest BCUT2D eigenvalue weighted by Crippen LogP contribution is -2.35. The van der Waals surface area contributed by atoms with Gasteiger partial charge in [0.2, 0.25) is 0 Å². The van der Waals surface area contributed by atoms with Crippen molar-refractivity contribution in [1.29, 1.82) is 0 Å². The number of ether oxygens (including phenoxy) is 1. The molecule has 3 aromatic rings. The van der Waals surface area contributed by atoms with Gasteiger partial charge in [-0.2, -0.15) is 0 Å². The van der Waals surface area contributed by atoms with Crippen molar-refractivity contribution >= 4 is 5.91 Å². The average molecular weight is 340 g/mol. The molecular weight excluding hydrogens is 323 g/mol. The van der Waals surface area contributed by atoms with Crippen LogP contribution in [0.25, 0.3) is 11.3 Å². The van der Waals surface area contributed by atoms with Gasteiger partial charge in [-0.15, -0.1) is 0 Å². The minimum Gasteiger partial charge on any atom is -0.481 e. The van der Waals surface area contributed by atoms with Gasteiger partial charge in [0.25, 0.3) is 5.91 Å². The second kappa shape index (κ2) is 7.61. The molecule has 0 saturated carbocycles. The highest BCUT2D eigenvalue weighted by atomic mass is 19.1. The molecule has 128 valence electrons. The molecule has 25 heavy (non-hydrogen) atoms. The number of para-hydroxylation sites is 1. The summed E-state index contributed by atoms with van der Waals surface area (Å²) in [6.45, 7) is 1.83. The number of hydrogen-bond donors (Lipinski definition) is 1. The van der Waals surface area contributed by atoms with Gasteiger partial charge in [0.15, 0.2) is 11.9 Å². The molecule has 1 amide bonds. The number of benzene rings is 2. The van der Waals surface area contributed by atoms with Gasteiger partial charge < -0.3 is 14.6 Å². The first kappa shape index (κ1) is 16.7. The second-order valence-electron chi connectivity index (χ2n) is 5.45. The molecule has 0 radical (unpaired) electrons. The van der Waals surface area contributed by atoms with Gasteiger partial charge in [0.05, 0.1) is 12.1 Å². The summed E-state index contributed by atoms with van der Waals surface area (Å²) in [6.07, 6.45) is -0.652. The number of nitrogens with zero attached hydrogens (tertiary/aromatic N) is 1. The fourth-order valence-corrected chi connectivity index (χ4v) is 2.26. The van der Waals surface area contributed by atoms with E-state index in [0.29, 0.717) is 22.8 Å². The normalized spacial score (nSPS) is 11.8. The van der Waals surface area contributed by atoms with Gasteiger partial charge in [-0.25, -0.2) is 4.39 Å². The summed E-state index contributed by atoms with van der Waals surface area (Å²) in [4.78, 5) is 12.1. The predicted octanol–water partition coefficient (Wildman–Crippen LogP) is 3.56. The summed E-state index contributed by atoms with van der Waals surface area (Å²) in [5, 5.41) is 6.57. The number of hydrogen-bond acceptors (Lipinski definition) is 4. The van der Waals surface area contributed by atoms with Gasteiger partial charge in [-0.05, 0) is 31.2 Å². The van der Waals surface area contributed by atoms with Crippen molar-refractivity contribution in [3.63, 3.8) is 0 Å². The predicted molar refractivity (Wildman–Crippen MR) is 90.3 cm³/mol. The smallest absolute Gasteiger partial charge is 0.261 e. The molecule has 1 N–H and O–H groups in total. The zero-order chi connectivity index (χ0) is 17.6. The number of halogens is 1. The molecule has 0 bridgehead atoms. The lowest BCUT2D eigenvalue weighted by atomic mass is 10.1. The first-order chi connectivity index (χ1) is 12.1. The van der Waals surface area contributed by atoms with Gasteiger partial charge in [0, 0.05) is 6.07 Å². The number of nitrogens with one attached hydrogen (secondary N) is 1. The molecule has 1 heterocycles. The Morgan fingerprint density at radius 3 is 2.68 bits per heavy atom. The molecule has 2 aromatic carbocycles. The molecule has 0 fully saturated rings. The number of aromatic nitrogens is 1. The standard InChI is InChI=1S/C19H17FN2O3/c1-13(24-15-7-3-2-4-8-15)19(23)21-12-14-11-18(25-22-14)16-9-5-6-10-17(16)20/h2-11,13H,12H2,1H3,(H,21,23)/t13-/m1/s1. The average Bonchev–Trinajstić information content (AvgIpc) is 3.09. The van der Waals surface area contributed by atoms with Crippen molar-refractivity contribution in [3.05, 3.63) is 72.2 Å². The lowest BCUT2D eigenvalue weighted by Gasteiger charge is -2.13. The Morgan fingerprint density at radius 1 is 1.20 bits per heavy atom. The summed E-state index contributed by atoms with van der Waals surface area (Å²) in [7, 11) is 0. The van der Waals surface area contributed by atoms with E-state index in [4.69, 9.17) is 9.26 Å². The largest absolute Gasteiger partial charge is 0.481 e. The van der Waals surface area contributed by atoms with Crippen LogP contribution in [0.3, 0.4) is 0 Å². The van der Waals surface area contributed by atoms with Gasteiger partial charge in [-0.1, -0.05) is 35.5 Å². The Labute approximate surface area is 144 Å². The molecular formula is C19H17FN2O3. The Kier molecular flexibility index (Phi) is 5.09. The fraction of sp³-hybridized carbons (Fsp3) is 0.158. The molecule has 1 atom stereocenters. The van der Waals surface area contributed by atoms with Crippen LogP contribution in [-0.2, 0) is 11.3 Å². The zero-order valence-corrected chi connectivity index (χ0v) is 13.6. The molecule has 5 nitrogen and oxygen atoms in total.